The number of nitrogens with zero attached hydrogens (tertiary/aromatic N) is 2. The monoisotopic (exact) mass is 530 g/mol. The van der Waals surface area contributed by atoms with Gasteiger partial charge >= 0.3 is 6.61 Å². The summed E-state index contributed by atoms with van der Waals surface area (Å²) in [5.41, 5.74) is 2.31. The summed E-state index contributed by atoms with van der Waals surface area (Å²) in [4.78, 5) is 8.38. The van der Waals surface area contributed by atoms with Gasteiger partial charge in [-0.25, -0.2) is 0 Å². The average molecular weight is 531 g/mol. The van der Waals surface area contributed by atoms with E-state index in [1.165, 1.54) is 12.1 Å². The van der Waals surface area contributed by atoms with Crippen LogP contribution in [0.15, 0.2) is 35.5 Å². The molecular formula is C17H19Cl2F2IN4O. The Hall–Kier alpha value is -1.39. The van der Waals surface area contributed by atoms with E-state index in [2.05, 4.69) is 25.3 Å². The number of aryl methyl sites for hydroxylation is 1. The third-order valence-corrected chi connectivity index (χ3v) is 4.00. The Labute approximate surface area is 183 Å². The summed E-state index contributed by atoms with van der Waals surface area (Å²) in [6.07, 6.45) is 1.71. The molecule has 0 aliphatic heterocycles. The molecule has 2 rings (SSSR count). The van der Waals surface area contributed by atoms with Crippen molar-refractivity contribution in [2.45, 2.75) is 26.6 Å². The maximum Gasteiger partial charge on any atom is 0.387 e. The molecule has 5 nitrogen and oxygen atoms in total. The molecule has 2 aromatic rings. The molecule has 0 unspecified atom stereocenters. The molecule has 10 heteroatoms. The third kappa shape index (κ3) is 7.27. The topological polar surface area (TPSA) is 58.5 Å². The van der Waals surface area contributed by atoms with E-state index in [9.17, 15) is 8.78 Å². The zero-order chi connectivity index (χ0) is 19.1. The van der Waals surface area contributed by atoms with Gasteiger partial charge in [0.1, 0.15) is 5.75 Å². The molecule has 27 heavy (non-hydrogen) atoms. The van der Waals surface area contributed by atoms with Gasteiger partial charge in [-0.3, -0.25) is 9.98 Å². The number of ether oxygens (including phenoxy) is 1. The van der Waals surface area contributed by atoms with Gasteiger partial charge < -0.3 is 15.4 Å². The zero-order valence-corrected chi connectivity index (χ0v) is 18.4. The lowest BCUT2D eigenvalue weighted by molar-refractivity contribution is -0.0504. The largest absolute Gasteiger partial charge is 0.433 e. The second kappa shape index (κ2) is 11.5. The van der Waals surface area contributed by atoms with Crippen molar-refractivity contribution in [1.29, 1.82) is 0 Å². The SMILES string of the molecule is CN=C(NCc1cc(Cl)cc(Cl)c1OC(F)F)NCc1ncccc1C.I. The molecule has 0 fully saturated rings. The number of pyridine rings is 1. The molecule has 2 N–H and O–H groups in total. The van der Waals surface area contributed by atoms with Crippen LogP contribution in [0.4, 0.5) is 8.78 Å². The van der Waals surface area contributed by atoms with Crippen LogP contribution < -0.4 is 15.4 Å². The number of hydrogen-bond acceptors (Lipinski definition) is 3. The van der Waals surface area contributed by atoms with Crippen molar-refractivity contribution < 1.29 is 13.5 Å². The summed E-state index contributed by atoms with van der Waals surface area (Å²) >= 11 is 11.9. The first-order valence-corrected chi connectivity index (χ1v) is 8.44. The molecule has 0 radical (unpaired) electrons. The van der Waals surface area contributed by atoms with Gasteiger partial charge in [0.15, 0.2) is 5.96 Å². The first kappa shape index (κ1) is 23.6. The molecule has 0 aliphatic carbocycles. The summed E-state index contributed by atoms with van der Waals surface area (Å²) < 4.78 is 29.7. The highest BCUT2D eigenvalue weighted by atomic mass is 127. The number of alkyl halides is 2. The molecular weight excluding hydrogens is 512 g/mol. The first-order chi connectivity index (χ1) is 12.4. The zero-order valence-electron chi connectivity index (χ0n) is 14.6. The second-order valence-corrected chi connectivity index (χ2v) is 6.14. The van der Waals surface area contributed by atoms with E-state index in [-0.39, 0.29) is 41.3 Å². The average Bonchev–Trinajstić information content (AvgIpc) is 2.59. The van der Waals surface area contributed by atoms with Crippen LogP contribution >= 0.6 is 47.2 Å². The van der Waals surface area contributed by atoms with E-state index in [0.717, 1.165) is 11.3 Å². The van der Waals surface area contributed by atoms with Crippen molar-refractivity contribution in [3.63, 3.8) is 0 Å². The molecule has 0 aliphatic rings. The minimum absolute atomic E-state index is 0. The van der Waals surface area contributed by atoms with Gasteiger partial charge in [-0.2, -0.15) is 8.78 Å². The lowest BCUT2D eigenvalue weighted by atomic mass is 10.2. The molecule has 0 spiro atoms. The number of nitrogens with one attached hydrogen (secondary N) is 2. The van der Waals surface area contributed by atoms with Crippen LogP contribution in [0.5, 0.6) is 5.75 Å². The molecule has 0 atom stereocenters. The Kier molecular flexibility index (Phi) is 10.0. The minimum Gasteiger partial charge on any atom is -0.433 e. The van der Waals surface area contributed by atoms with Crippen LogP contribution in [-0.4, -0.2) is 24.6 Å². The maximum atomic E-state index is 12.6. The van der Waals surface area contributed by atoms with Crippen molar-refractivity contribution >= 4 is 53.1 Å². The number of benzene rings is 1. The van der Waals surface area contributed by atoms with E-state index in [1.807, 2.05) is 19.1 Å². The highest BCUT2D eigenvalue weighted by Crippen LogP contribution is 2.33. The molecule has 0 amide bonds. The third-order valence-electron chi connectivity index (χ3n) is 3.50. The quantitative estimate of drug-likeness (QED) is 0.320. The second-order valence-electron chi connectivity index (χ2n) is 5.30. The predicted molar refractivity (Wildman–Crippen MR) is 115 cm³/mol. The molecule has 1 aromatic carbocycles. The standard InChI is InChI=1S/C17H18Cl2F2N4O.HI/c1-10-4-3-5-23-14(10)9-25-17(22-2)24-8-11-6-12(18)7-13(19)15(11)26-16(20)21;/h3-7,16H,8-9H2,1-2H3,(H2,22,24,25);1H. The fourth-order valence-corrected chi connectivity index (χ4v) is 2.82. The molecule has 0 saturated heterocycles. The van der Waals surface area contributed by atoms with Gasteiger partial charge in [-0.05, 0) is 30.7 Å². The smallest absolute Gasteiger partial charge is 0.387 e. The summed E-state index contributed by atoms with van der Waals surface area (Å²) in [6, 6.07) is 6.68. The Balaban J connectivity index is 0.00000364. The number of aliphatic imine (C=N–C) groups is 1. The first-order valence-electron chi connectivity index (χ1n) is 7.68. The molecule has 148 valence electrons. The number of aromatic nitrogens is 1. The molecule has 1 aromatic heterocycles. The summed E-state index contributed by atoms with van der Waals surface area (Å²) in [5, 5.41) is 6.46. The van der Waals surface area contributed by atoms with Crippen molar-refractivity contribution in [1.82, 2.24) is 15.6 Å². The van der Waals surface area contributed by atoms with Crippen LogP contribution in [0.25, 0.3) is 0 Å². The van der Waals surface area contributed by atoms with Gasteiger partial charge in [-0.1, -0.05) is 29.3 Å². The summed E-state index contributed by atoms with van der Waals surface area (Å²) in [5.74, 6) is 0.351. The number of halogens is 5. The molecule has 1 heterocycles. The van der Waals surface area contributed by atoms with Crippen LogP contribution in [-0.2, 0) is 13.1 Å². The van der Waals surface area contributed by atoms with Crippen LogP contribution in [0.1, 0.15) is 16.8 Å². The van der Waals surface area contributed by atoms with E-state index in [4.69, 9.17) is 23.2 Å². The van der Waals surface area contributed by atoms with Crippen molar-refractivity contribution in [2.24, 2.45) is 4.99 Å². The number of hydrogen-bond donors (Lipinski definition) is 2. The van der Waals surface area contributed by atoms with E-state index in [0.29, 0.717) is 23.1 Å². The number of guanidine groups is 1. The van der Waals surface area contributed by atoms with Crippen LogP contribution in [0.2, 0.25) is 10.0 Å². The van der Waals surface area contributed by atoms with E-state index >= 15 is 0 Å². The normalized spacial score (nSPS) is 11.1. The Morgan fingerprint density at radius 2 is 1.96 bits per heavy atom. The fourth-order valence-electron chi connectivity index (χ4n) is 2.24. The lowest BCUT2D eigenvalue weighted by Gasteiger charge is -2.16. The fraction of sp³-hybridized carbons (Fsp3) is 0.294. The highest BCUT2D eigenvalue weighted by molar-refractivity contribution is 14.0. The van der Waals surface area contributed by atoms with Gasteiger partial charge in [0.05, 0.1) is 17.3 Å². The Morgan fingerprint density at radius 1 is 1.26 bits per heavy atom. The van der Waals surface area contributed by atoms with Gasteiger partial charge in [0.25, 0.3) is 0 Å². The molecule has 0 saturated carbocycles. The van der Waals surface area contributed by atoms with Crippen molar-refractivity contribution in [3.05, 3.63) is 57.3 Å². The summed E-state index contributed by atoms with van der Waals surface area (Å²) in [7, 11) is 1.60. The van der Waals surface area contributed by atoms with Crippen LogP contribution in [0, 0.1) is 6.92 Å². The Bertz CT molecular complexity index is 794. The highest BCUT2D eigenvalue weighted by Gasteiger charge is 2.15. The summed E-state index contributed by atoms with van der Waals surface area (Å²) in [6.45, 7) is -0.425. The number of rotatable bonds is 6. The van der Waals surface area contributed by atoms with Gasteiger partial charge in [0.2, 0.25) is 0 Å². The maximum absolute atomic E-state index is 12.6. The van der Waals surface area contributed by atoms with E-state index < -0.39 is 6.61 Å². The van der Waals surface area contributed by atoms with Crippen molar-refractivity contribution in [3.8, 4) is 5.75 Å². The van der Waals surface area contributed by atoms with Crippen molar-refractivity contribution in [2.75, 3.05) is 7.05 Å². The Morgan fingerprint density at radius 3 is 2.59 bits per heavy atom. The van der Waals surface area contributed by atoms with Gasteiger partial charge in [0, 0.05) is 30.4 Å². The lowest BCUT2D eigenvalue weighted by Crippen LogP contribution is -2.36. The molecule has 0 bridgehead atoms. The van der Waals surface area contributed by atoms with Gasteiger partial charge in [-0.15, -0.1) is 24.0 Å². The predicted octanol–water partition coefficient (Wildman–Crippen LogP) is 4.78. The minimum atomic E-state index is -2.99. The van der Waals surface area contributed by atoms with E-state index in [1.54, 1.807) is 13.2 Å². The van der Waals surface area contributed by atoms with Crippen LogP contribution in [0.3, 0.4) is 0 Å².